The van der Waals surface area contributed by atoms with Crippen LogP contribution in [0.15, 0.2) is 30.6 Å². The van der Waals surface area contributed by atoms with Gasteiger partial charge in [0, 0.05) is 12.4 Å². The van der Waals surface area contributed by atoms with Crippen molar-refractivity contribution in [2.75, 3.05) is 5.32 Å². The number of anilines is 1. The predicted molar refractivity (Wildman–Crippen MR) is 77.2 cm³/mol. The molecule has 108 valence electrons. The van der Waals surface area contributed by atoms with E-state index < -0.39 is 5.97 Å². The zero-order valence-corrected chi connectivity index (χ0v) is 11.8. The fraction of sp³-hybridized carbons (Fsp3) is 0.200. The van der Waals surface area contributed by atoms with Crippen molar-refractivity contribution in [3.63, 3.8) is 0 Å². The van der Waals surface area contributed by atoms with Crippen LogP contribution >= 0.6 is 0 Å². The zero-order valence-electron chi connectivity index (χ0n) is 11.8. The number of benzene rings is 1. The second-order valence-corrected chi connectivity index (χ2v) is 4.70. The van der Waals surface area contributed by atoms with Gasteiger partial charge in [0.05, 0.1) is 6.42 Å². The van der Waals surface area contributed by atoms with Crippen LogP contribution in [0.3, 0.4) is 0 Å². The van der Waals surface area contributed by atoms with Crippen LogP contribution in [0.4, 0.5) is 5.82 Å². The van der Waals surface area contributed by atoms with Gasteiger partial charge in [-0.1, -0.05) is 18.2 Å². The summed E-state index contributed by atoms with van der Waals surface area (Å²) >= 11 is 0. The topological polar surface area (TPSA) is 92.2 Å². The normalized spacial score (nSPS) is 10.2. The van der Waals surface area contributed by atoms with E-state index in [1.54, 1.807) is 0 Å². The Morgan fingerprint density at radius 2 is 1.86 bits per heavy atom. The van der Waals surface area contributed by atoms with Crippen molar-refractivity contribution in [1.82, 2.24) is 9.97 Å². The molecule has 0 spiro atoms. The van der Waals surface area contributed by atoms with Gasteiger partial charge in [-0.05, 0) is 30.5 Å². The Balaban J connectivity index is 2.12. The van der Waals surface area contributed by atoms with E-state index in [1.165, 1.54) is 12.4 Å². The third kappa shape index (κ3) is 3.62. The Kier molecular flexibility index (Phi) is 4.27. The molecule has 0 aliphatic heterocycles. The first-order valence-corrected chi connectivity index (χ1v) is 6.37. The summed E-state index contributed by atoms with van der Waals surface area (Å²) in [6.45, 7) is 3.97. The minimum atomic E-state index is -1.23. The molecule has 0 radical (unpaired) electrons. The van der Waals surface area contributed by atoms with E-state index in [0.29, 0.717) is 0 Å². The first kappa shape index (κ1) is 14.6. The molecule has 6 heteroatoms. The number of nitrogens with one attached hydrogen (secondary N) is 1. The molecule has 1 aromatic heterocycles. The molecule has 0 aliphatic rings. The van der Waals surface area contributed by atoms with Crippen LogP contribution in [0.1, 0.15) is 27.2 Å². The highest BCUT2D eigenvalue weighted by atomic mass is 16.4. The van der Waals surface area contributed by atoms with Crippen LogP contribution in [0.2, 0.25) is 0 Å². The lowest BCUT2D eigenvalue weighted by molar-refractivity contribution is -0.115. The molecule has 0 atom stereocenters. The summed E-state index contributed by atoms with van der Waals surface area (Å²) < 4.78 is 0. The number of aromatic carboxylic acids is 1. The number of hydrogen-bond acceptors (Lipinski definition) is 4. The van der Waals surface area contributed by atoms with Gasteiger partial charge in [-0.25, -0.2) is 14.8 Å². The quantitative estimate of drug-likeness (QED) is 0.896. The Morgan fingerprint density at radius 3 is 2.52 bits per heavy atom. The van der Waals surface area contributed by atoms with Crippen molar-refractivity contribution in [1.29, 1.82) is 0 Å². The van der Waals surface area contributed by atoms with E-state index in [2.05, 4.69) is 15.3 Å². The first-order chi connectivity index (χ1) is 9.97. The van der Waals surface area contributed by atoms with Crippen molar-refractivity contribution in [2.45, 2.75) is 20.3 Å². The maximum Gasteiger partial charge on any atom is 0.358 e. The van der Waals surface area contributed by atoms with Gasteiger partial charge in [-0.15, -0.1) is 0 Å². The molecule has 2 N–H and O–H groups in total. The van der Waals surface area contributed by atoms with Crippen LogP contribution in [0.5, 0.6) is 0 Å². The number of aromatic nitrogens is 2. The number of hydrogen-bond donors (Lipinski definition) is 2. The molecule has 1 aromatic carbocycles. The Bertz CT molecular complexity index is 698. The van der Waals surface area contributed by atoms with Gasteiger partial charge in [0.15, 0.2) is 11.5 Å². The number of carboxylic acids is 1. The van der Waals surface area contributed by atoms with Crippen LogP contribution in [0.25, 0.3) is 0 Å². The lowest BCUT2D eigenvalue weighted by Crippen LogP contribution is -2.18. The SMILES string of the molecule is Cc1ccc(CC(=O)Nc2nccnc2C(=O)O)cc1C. The standard InChI is InChI=1S/C15H15N3O3/c1-9-3-4-11(7-10(9)2)8-12(19)18-14-13(15(20)21)16-5-6-17-14/h3-7H,8H2,1-2H3,(H,20,21)(H,17,18,19). The molecule has 0 aliphatic carbocycles. The average molecular weight is 285 g/mol. The number of aryl methyl sites for hydroxylation is 2. The molecule has 0 bridgehead atoms. The number of nitrogens with zero attached hydrogens (tertiary/aromatic N) is 2. The van der Waals surface area contributed by atoms with Crippen molar-refractivity contribution >= 4 is 17.7 Å². The summed E-state index contributed by atoms with van der Waals surface area (Å²) in [5.41, 5.74) is 2.84. The van der Waals surface area contributed by atoms with Gasteiger partial charge in [0.1, 0.15) is 0 Å². The average Bonchev–Trinajstić information content (AvgIpc) is 2.43. The summed E-state index contributed by atoms with van der Waals surface area (Å²) in [6.07, 6.45) is 2.75. The van der Waals surface area contributed by atoms with Gasteiger partial charge in [-0.2, -0.15) is 0 Å². The number of amides is 1. The molecule has 1 heterocycles. The van der Waals surface area contributed by atoms with Crippen LogP contribution < -0.4 is 5.32 Å². The zero-order chi connectivity index (χ0) is 15.4. The summed E-state index contributed by atoms with van der Waals surface area (Å²) in [4.78, 5) is 30.5. The van der Waals surface area contributed by atoms with Gasteiger partial charge in [-0.3, -0.25) is 4.79 Å². The Morgan fingerprint density at radius 1 is 1.14 bits per heavy atom. The molecule has 6 nitrogen and oxygen atoms in total. The van der Waals surface area contributed by atoms with E-state index in [-0.39, 0.29) is 23.8 Å². The maximum atomic E-state index is 12.0. The van der Waals surface area contributed by atoms with Crippen LogP contribution in [-0.2, 0) is 11.2 Å². The van der Waals surface area contributed by atoms with Crippen molar-refractivity contribution in [3.8, 4) is 0 Å². The van der Waals surface area contributed by atoms with Gasteiger partial charge < -0.3 is 10.4 Å². The highest BCUT2D eigenvalue weighted by Crippen LogP contribution is 2.12. The van der Waals surface area contributed by atoms with Gasteiger partial charge in [0.2, 0.25) is 5.91 Å². The van der Waals surface area contributed by atoms with E-state index in [9.17, 15) is 9.59 Å². The van der Waals surface area contributed by atoms with E-state index in [0.717, 1.165) is 16.7 Å². The molecule has 0 saturated carbocycles. The molecule has 2 aromatic rings. The first-order valence-electron chi connectivity index (χ1n) is 6.37. The summed E-state index contributed by atoms with van der Waals surface area (Å²) in [7, 11) is 0. The third-order valence-electron chi connectivity index (χ3n) is 3.09. The largest absolute Gasteiger partial charge is 0.476 e. The second kappa shape index (κ2) is 6.13. The van der Waals surface area contributed by atoms with E-state index in [4.69, 9.17) is 5.11 Å². The molecule has 0 saturated heterocycles. The van der Waals surface area contributed by atoms with Crippen LogP contribution in [-0.4, -0.2) is 27.0 Å². The highest BCUT2D eigenvalue weighted by molar-refractivity contribution is 5.98. The third-order valence-corrected chi connectivity index (χ3v) is 3.09. The molecule has 0 fully saturated rings. The number of carbonyl (C=O) groups excluding carboxylic acids is 1. The van der Waals surface area contributed by atoms with E-state index in [1.807, 2.05) is 32.0 Å². The fourth-order valence-electron chi connectivity index (χ4n) is 1.86. The summed E-state index contributed by atoms with van der Waals surface area (Å²) in [5.74, 6) is -1.61. The lowest BCUT2D eigenvalue weighted by Gasteiger charge is -2.07. The van der Waals surface area contributed by atoms with Crippen molar-refractivity contribution < 1.29 is 14.7 Å². The lowest BCUT2D eigenvalue weighted by atomic mass is 10.0. The Labute approximate surface area is 121 Å². The second-order valence-electron chi connectivity index (χ2n) is 4.70. The molecule has 21 heavy (non-hydrogen) atoms. The van der Waals surface area contributed by atoms with Crippen molar-refractivity contribution in [3.05, 3.63) is 53.0 Å². The van der Waals surface area contributed by atoms with E-state index >= 15 is 0 Å². The number of carbonyl (C=O) groups is 2. The monoisotopic (exact) mass is 285 g/mol. The molecule has 1 amide bonds. The fourth-order valence-corrected chi connectivity index (χ4v) is 1.86. The molecular weight excluding hydrogens is 270 g/mol. The summed E-state index contributed by atoms with van der Waals surface area (Å²) in [5, 5.41) is 11.5. The molecule has 0 unspecified atom stereocenters. The number of rotatable bonds is 4. The predicted octanol–water partition coefficient (Wildman–Crippen LogP) is 1.97. The van der Waals surface area contributed by atoms with Crippen molar-refractivity contribution in [2.24, 2.45) is 0 Å². The molecule has 2 rings (SSSR count). The summed E-state index contributed by atoms with van der Waals surface area (Å²) in [6, 6.07) is 5.75. The minimum absolute atomic E-state index is 0.0427. The van der Waals surface area contributed by atoms with Crippen LogP contribution in [0, 0.1) is 13.8 Å². The maximum absolute atomic E-state index is 12.0. The van der Waals surface area contributed by atoms with Gasteiger partial charge in [0.25, 0.3) is 0 Å². The van der Waals surface area contributed by atoms with Gasteiger partial charge >= 0.3 is 5.97 Å². The minimum Gasteiger partial charge on any atom is -0.476 e. The smallest absolute Gasteiger partial charge is 0.358 e. The highest BCUT2D eigenvalue weighted by Gasteiger charge is 2.15. The molecular formula is C15H15N3O3. The number of carboxylic acid groups (broad SMARTS) is 1. The Hall–Kier alpha value is -2.76.